The highest BCUT2D eigenvalue weighted by molar-refractivity contribution is 5.81. The smallest absolute Gasteiger partial charge is 0.328 e. The largest absolute Gasteiger partial charge is 0.461 e. The molecule has 15 heavy (non-hydrogen) atoms. The summed E-state index contributed by atoms with van der Waals surface area (Å²) in [5, 5.41) is 0. The first-order valence-corrected chi connectivity index (χ1v) is 5.36. The Labute approximate surface area is 88.9 Å². The van der Waals surface area contributed by atoms with Crippen LogP contribution >= 0.6 is 0 Å². The van der Waals surface area contributed by atoms with E-state index >= 15 is 0 Å². The lowest BCUT2D eigenvalue weighted by atomic mass is 10.0. The van der Waals surface area contributed by atoms with Gasteiger partial charge in [-0.2, -0.15) is 0 Å². The van der Waals surface area contributed by atoms with Crippen LogP contribution in [0.5, 0.6) is 0 Å². The fraction of sp³-hybridized carbons (Fsp3) is 0.900. The maximum atomic E-state index is 11.6. The Hall–Kier alpha value is -0.650. The van der Waals surface area contributed by atoms with Gasteiger partial charge in [-0.05, 0) is 12.8 Å². The minimum absolute atomic E-state index is 0.0554. The zero-order valence-electron chi connectivity index (χ0n) is 8.74. The van der Waals surface area contributed by atoms with E-state index in [-0.39, 0.29) is 18.7 Å². The van der Waals surface area contributed by atoms with Crippen molar-refractivity contribution in [2.75, 3.05) is 26.4 Å². The van der Waals surface area contributed by atoms with Crippen molar-refractivity contribution in [1.29, 1.82) is 0 Å². The molecule has 2 rings (SSSR count). The molecule has 2 saturated heterocycles. The molecule has 2 fully saturated rings. The van der Waals surface area contributed by atoms with Gasteiger partial charge >= 0.3 is 5.97 Å². The predicted molar refractivity (Wildman–Crippen MR) is 52.3 cm³/mol. The molecule has 0 saturated carbocycles. The number of rotatable bonds is 3. The molecular formula is C10H17NO4. The Bertz CT molecular complexity index is 232. The lowest BCUT2D eigenvalue weighted by molar-refractivity contribution is -0.153. The quantitative estimate of drug-likeness (QED) is 0.662. The summed E-state index contributed by atoms with van der Waals surface area (Å²) >= 11 is 0. The van der Waals surface area contributed by atoms with Gasteiger partial charge in [-0.15, -0.1) is 0 Å². The predicted octanol–water partition coefficient (Wildman–Crippen LogP) is -0.174. The third kappa shape index (κ3) is 2.48. The number of hydrogen-bond acceptors (Lipinski definition) is 5. The van der Waals surface area contributed by atoms with Crippen LogP contribution in [0.15, 0.2) is 0 Å². The second kappa shape index (κ2) is 4.47. The van der Waals surface area contributed by atoms with Crippen LogP contribution in [0, 0.1) is 0 Å². The molecule has 0 spiro atoms. The topological polar surface area (TPSA) is 70.8 Å². The minimum atomic E-state index is -0.932. The zero-order chi connectivity index (χ0) is 10.7. The van der Waals surface area contributed by atoms with Gasteiger partial charge < -0.3 is 19.9 Å². The van der Waals surface area contributed by atoms with Crippen LogP contribution in [-0.4, -0.2) is 44.0 Å². The number of hydrogen-bond donors (Lipinski definition) is 1. The first-order chi connectivity index (χ1) is 7.21. The van der Waals surface area contributed by atoms with Crippen molar-refractivity contribution in [3.8, 4) is 0 Å². The van der Waals surface area contributed by atoms with Gasteiger partial charge in [0.05, 0.1) is 12.7 Å². The molecule has 0 aromatic carbocycles. The summed E-state index contributed by atoms with van der Waals surface area (Å²) in [6.45, 7) is 1.87. The van der Waals surface area contributed by atoms with Crippen LogP contribution in [-0.2, 0) is 19.0 Å². The van der Waals surface area contributed by atoms with Gasteiger partial charge in [-0.25, -0.2) is 4.79 Å². The highest BCUT2D eigenvalue weighted by Crippen LogP contribution is 2.18. The first kappa shape index (κ1) is 10.9. The number of carbonyl (C=O) groups excluding carboxylic acids is 1. The third-order valence-electron chi connectivity index (χ3n) is 2.88. The number of nitrogens with two attached hydrogens (primary N) is 1. The summed E-state index contributed by atoms with van der Waals surface area (Å²) in [5.41, 5.74) is 4.92. The molecule has 0 aromatic rings. The van der Waals surface area contributed by atoms with Crippen molar-refractivity contribution in [3.63, 3.8) is 0 Å². The van der Waals surface area contributed by atoms with Crippen LogP contribution in [0.2, 0.25) is 0 Å². The molecule has 0 aliphatic carbocycles. The highest BCUT2D eigenvalue weighted by atomic mass is 16.6. The molecule has 5 nitrogen and oxygen atoms in total. The summed E-state index contributed by atoms with van der Waals surface area (Å²) in [5.74, 6) is -0.365. The van der Waals surface area contributed by atoms with E-state index in [1.54, 1.807) is 0 Å². The fourth-order valence-corrected chi connectivity index (χ4v) is 1.83. The van der Waals surface area contributed by atoms with Crippen LogP contribution in [0.25, 0.3) is 0 Å². The summed E-state index contributed by atoms with van der Waals surface area (Å²) in [6, 6.07) is 0. The Balaban J connectivity index is 1.76. The molecule has 0 aromatic heterocycles. The zero-order valence-corrected chi connectivity index (χ0v) is 8.74. The normalized spacial score (nSPS) is 35.7. The van der Waals surface area contributed by atoms with E-state index in [1.165, 1.54) is 0 Å². The van der Waals surface area contributed by atoms with E-state index in [9.17, 15) is 4.79 Å². The molecule has 5 heteroatoms. The molecule has 0 bridgehead atoms. The SMILES string of the molecule is NC1(C(=O)OCC2CCCO2)CCOC1. The Morgan fingerprint density at radius 3 is 3.00 bits per heavy atom. The van der Waals surface area contributed by atoms with Gasteiger partial charge in [0.2, 0.25) is 0 Å². The summed E-state index contributed by atoms with van der Waals surface area (Å²) in [6.07, 6.45) is 2.59. The highest BCUT2D eigenvalue weighted by Gasteiger charge is 2.40. The van der Waals surface area contributed by atoms with Crippen molar-refractivity contribution in [2.24, 2.45) is 5.73 Å². The standard InChI is InChI=1S/C10H17NO4/c11-10(3-5-13-7-10)9(12)15-6-8-2-1-4-14-8/h8H,1-7,11H2. The molecule has 86 valence electrons. The molecule has 2 heterocycles. The van der Waals surface area contributed by atoms with Crippen LogP contribution in [0.3, 0.4) is 0 Å². The van der Waals surface area contributed by atoms with Crippen LogP contribution < -0.4 is 5.73 Å². The molecule has 2 unspecified atom stereocenters. The average molecular weight is 215 g/mol. The summed E-state index contributed by atoms with van der Waals surface area (Å²) < 4.78 is 15.6. The maximum absolute atomic E-state index is 11.6. The lowest BCUT2D eigenvalue weighted by Crippen LogP contribution is -2.50. The number of esters is 1. The summed E-state index contributed by atoms with van der Waals surface area (Å²) in [7, 11) is 0. The number of carbonyl (C=O) groups is 1. The number of ether oxygens (including phenoxy) is 3. The molecule has 2 N–H and O–H groups in total. The molecular weight excluding hydrogens is 198 g/mol. The second-order valence-corrected chi connectivity index (χ2v) is 4.19. The van der Waals surface area contributed by atoms with Crippen molar-refractivity contribution >= 4 is 5.97 Å². The fourth-order valence-electron chi connectivity index (χ4n) is 1.83. The Kier molecular flexibility index (Phi) is 3.23. The lowest BCUT2D eigenvalue weighted by Gasteiger charge is -2.20. The molecule has 0 amide bonds. The van der Waals surface area contributed by atoms with E-state index in [0.717, 1.165) is 19.4 Å². The van der Waals surface area contributed by atoms with Gasteiger partial charge in [-0.1, -0.05) is 0 Å². The molecule has 2 aliphatic rings. The van der Waals surface area contributed by atoms with E-state index in [2.05, 4.69) is 0 Å². The monoisotopic (exact) mass is 215 g/mol. The van der Waals surface area contributed by atoms with Gasteiger partial charge in [-0.3, -0.25) is 0 Å². The molecule has 2 aliphatic heterocycles. The Morgan fingerprint density at radius 1 is 1.53 bits per heavy atom. The van der Waals surface area contributed by atoms with Gasteiger partial charge in [0, 0.05) is 19.6 Å². The summed E-state index contributed by atoms with van der Waals surface area (Å²) in [4.78, 5) is 11.6. The van der Waals surface area contributed by atoms with Gasteiger partial charge in [0.1, 0.15) is 12.1 Å². The molecule has 2 atom stereocenters. The van der Waals surface area contributed by atoms with Crippen molar-refractivity contribution in [1.82, 2.24) is 0 Å². The van der Waals surface area contributed by atoms with E-state index in [1.807, 2.05) is 0 Å². The van der Waals surface area contributed by atoms with Crippen LogP contribution in [0.1, 0.15) is 19.3 Å². The average Bonchev–Trinajstić information content (AvgIpc) is 2.85. The maximum Gasteiger partial charge on any atom is 0.328 e. The second-order valence-electron chi connectivity index (χ2n) is 4.19. The van der Waals surface area contributed by atoms with Gasteiger partial charge in [0.15, 0.2) is 0 Å². The third-order valence-corrected chi connectivity index (χ3v) is 2.88. The Morgan fingerprint density at radius 2 is 2.40 bits per heavy atom. The minimum Gasteiger partial charge on any atom is -0.461 e. The molecule has 0 radical (unpaired) electrons. The van der Waals surface area contributed by atoms with E-state index < -0.39 is 5.54 Å². The van der Waals surface area contributed by atoms with E-state index in [4.69, 9.17) is 19.9 Å². The van der Waals surface area contributed by atoms with Crippen LogP contribution in [0.4, 0.5) is 0 Å². The van der Waals surface area contributed by atoms with Crippen molar-refractivity contribution in [3.05, 3.63) is 0 Å². The van der Waals surface area contributed by atoms with Crippen molar-refractivity contribution in [2.45, 2.75) is 30.9 Å². The van der Waals surface area contributed by atoms with Gasteiger partial charge in [0.25, 0.3) is 0 Å². The van der Waals surface area contributed by atoms with Crippen molar-refractivity contribution < 1.29 is 19.0 Å². The first-order valence-electron chi connectivity index (χ1n) is 5.36. The van der Waals surface area contributed by atoms with E-state index in [0.29, 0.717) is 19.6 Å².